The minimum atomic E-state index is 0.674. The Morgan fingerprint density at radius 3 is 2.16 bits per heavy atom. The molecule has 0 N–H and O–H groups in total. The Morgan fingerprint density at radius 2 is 1.47 bits per heavy atom. The van der Waals surface area contributed by atoms with Gasteiger partial charge in [-0.3, -0.25) is 4.99 Å². The number of aliphatic imine (C=N–C) groups is 1. The molecule has 0 aliphatic carbocycles. The van der Waals surface area contributed by atoms with E-state index in [2.05, 4.69) is 29.3 Å². The second kappa shape index (κ2) is 8.22. The van der Waals surface area contributed by atoms with E-state index in [1.54, 1.807) is 0 Å². The maximum atomic E-state index is 5.58. The molecule has 98 valence electrons. The lowest BCUT2D eigenvalue weighted by Crippen LogP contribution is -1.96. The second-order valence-corrected chi connectivity index (χ2v) is 4.34. The van der Waals surface area contributed by atoms with Crippen molar-refractivity contribution in [2.45, 2.75) is 19.6 Å². The SMILES string of the molecule is C(CCOCc1ccccc1)=NCc1ccccc1. The third-order valence-corrected chi connectivity index (χ3v) is 2.75. The molecule has 0 radical (unpaired) electrons. The summed E-state index contributed by atoms with van der Waals surface area (Å²) < 4.78 is 5.58. The van der Waals surface area contributed by atoms with E-state index in [9.17, 15) is 0 Å². The van der Waals surface area contributed by atoms with Crippen LogP contribution in [0.2, 0.25) is 0 Å². The van der Waals surface area contributed by atoms with Crippen molar-refractivity contribution in [1.82, 2.24) is 0 Å². The quantitative estimate of drug-likeness (QED) is 0.542. The van der Waals surface area contributed by atoms with Gasteiger partial charge in [0.1, 0.15) is 0 Å². The van der Waals surface area contributed by atoms with Gasteiger partial charge in [-0.05, 0) is 11.1 Å². The van der Waals surface area contributed by atoms with Crippen LogP contribution < -0.4 is 0 Å². The van der Waals surface area contributed by atoms with Crippen LogP contribution in [0.5, 0.6) is 0 Å². The van der Waals surface area contributed by atoms with Gasteiger partial charge in [-0.25, -0.2) is 0 Å². The van der Waals surface area contributed by atoms with Gasteiger partial charge in [0, 0.05) is 12.6 Å². The maximum Gasteiger partial charge on any atom is 0.0717 e. The zero-order valence-corrected chi connectivity index (χ0v) is 11.0. The van der Waals surface area contributed by atoms with E-state index < -0.39 is 0 Å². The molecule has 0 saturated carbocycles. The van der Waals surface area contributed by atoms with E-state index in [1.165, 1.54) is 11.1 Å². The van der Waals surface area contributed by atoms with Gasteiger partial charge in [0.15, 0.2) is 0 Å². The van der Waals surface area contributed by atoms with Gasteiger partial charge in [0.05, 0.1) is 19.8 Å². The fraction of sp³-hybridized carbons (Fsp3) is 0.235. The molecule has 0 bridgehead atoms. The smallest absolute Gasteiger partial charge is 0.0717 e. The first-order valence-corrected chi connectivity index (χ1v) is 6.59. The Bertz CT molecular complexity index is 479. The van der Waals surface area contributed by atoms with Crippen LogP contribution in [0.15, 0.2) is 65.7 Å². The Morgan fingerprint density at radius 1 is 0.842 bits per heavy atom. The molecular weight excluding hydrogens is 234 g/mol. The van der Waals surface area contributed by atoms with Crippen molar-refractivity contribution in [3.63, 3.8) is 0 Å². The summed E-state index contributed by atoms with van der Waals surface area (Å²) in [5.74, 6) is 0. The number of hydrogen-bond acceptors (Lipinski definition) is 2. The summed E-state index contributed by atoms with van der Waals surface area (Å²) in [6.07, 6.45) is 2.80. The summed E-state index contributed by atoms with van der Waals surface area (Å²) in [7, 11) is 0. The van der Waals surface area contributed by atoms with Crippen molar-refractivity contribution in [1.29, 1.82) is 0 Å². The van der Waals surface area contributed by atoms with Crippen molar-refractivity contribution < 1.29 is 4.74 Å². The van der Waals surface area contributed by atoms with Crippen LogP contribution in [0.25, 0.3) is 0 Å². The molecule has 0 spiro atoms. The molecule has 19 heavy (non-hydrogen) atoms. The van der Waals surface area contributed by atoms with Gasteiger partial charge < -0.3 is 4.74 Å². The average molecular weight is 253 g/mol. The summed E-state index contributed by atoms with van der Waals surface area (Å²) in [6, 6.07) is 20.5. The minimum absolute atomic E-state index is 0.674. The van der Waals surface area contributed by atoms with E-state index in [0.29, 0.717) is 13.2 Å². The van der Waals surface area contributed by atoms with Gasteiger partial charge in [-0.1, -0.05) is 60.7 Å². The van der Waals surface area contributed by atoms with Crippen molar-refractivity contribution in [3.8, 4) is 0 Å². The maximum absolute atomic E-state index is 5.58. The van der Waals surface area contributed by atoms with E-state index in [4.69, 9.17) is 4.74 Å². The summed E-state index contributed by atoms with van der Waals surface area (Å²) in [5, 5.41) is 0. The molecule has 0 aliphatic heterocycles. The standard InChI is InChI=1S/C17H19NO/c1-3-8-16(9-4-1)14-18-12-7-13-19-15-17-10-5-2-6-11-17/h1-6,8-12H,7,13-15H2. The molecule has 2 rings (SSSR count). The van der Waals surface area contributed by atoms with Crippen LogP contribution >= 0.6 is 0 Å². The molecule has 0 saturated heterocycles. The molecule has 2 aromatic carbocycles. The topological polar surface area (TPSA) is 21.6 Å². The third-order valence-electron chi connectivity index (χ3n) is 2.75. The fourth-order valence-electron chi connectivity index (χ4n) is 1.74. The largest absolute Gasteiger partial charge is 0.376 e. The van der Waals surface area contributed by atoms with Crippen molar-refractivity contribution in [2.75, 3.05) is 6.61 Å². The summed E-state index contributed by atoms with van der Waals surface area (Å²) in [5.41, 5.74) is 2.45. The van der Waals surface area contributed by atoms with Crippen LogP contribution in [-0.2, 0) is 17.9 Å². The third kappa shape index (κ3) is 5.49. The van der Waals surface area contributed by atoms with E-state index in [-0.39, 0.29) is 0 Å². The van der Waals surface area contributed by atoms with Gasteiger partial charge in [0.25, 0.3) is 0 Å². The van der Waals surface area contributed by atoms with Crippen LogP contribution in [0.1, 0.15) is 17.5 Å². The fourth-order valence-corrected chi connectivity index (χ4v) is 1.74. The van der Waals surface area contributed by atoms with Gasteiger partial charge in [-0.2, -0.15) is 0 Å². The molecule has 0 fully saturated rings. The predicted molar refractivity (Wildman–Crippen MR) is 79.4 cm³/mol. The van der Waals surface area contributed by atoms with Crippen molar-refractivity contribution in [2.24, 2.45) is 4.99 Å². The molecule has 0 aliphatic rings. The minimum Gasteiger partial charge on any atom is -0.376 e. The summed E-state index contributed by atoms with van der Waals surface area (Å²) >= 11 is 0. The van der Waals surface area contributed by atoms with Crippen LogP contribution in [-0.4, -0.2) is 12.8 Å². The molecule has 0 amide bonds. The van der Waals surface area contributed by atoms with Crippen molar-refractivity contribution >= 4 is 6.21 Å². The number of ether oxygens (including phenoxy) is 1. The molecule has 2 aromatic rings. The first-order chi connectivity index (χ1) is 9.45. The van der Waals surface area contributed by atoms with Gasteiger partial charge in [0.2, 0.25) is 0 Å². The Hall–Kier alpha value is -1.93. The molecule has 0 unspecified atom stereocenters. The lowest BCUT2D eigenvalue weighted by atomic mass is 10.2. The highest BCUT2D eigenvalue weighted by Gasteiger charge is 1.91. The number of benzene rings is 2. The molecule has 2 nitrogen and oxygen atoms in total. The van der Waals surface area contributed by atoms with Crippen LogP contribution in [0.3, 0.4) is 0 Å². The highest BCUT2D eigenvalue weighted by Crippen LogP contribution is 2.01. The Labute approximate surface area is 114 Å². The molecule has 2 heteroatoms. The highest BCUT2D eigenvalue weighted by molar-refractivity contribution is 5.57. The Balaban J connectivity index is 1.57. The Kier molecular flexibility index (Phi) is 5.84. The van der Waals surface area contributed by atoms with Gasteiger partial charge in [-0.15, -0.1) is 0 Å². The first kappa shape index (κ1) is 13.5. The average Bonchev–Trinajstić information content (AvgIpc) is 2.48. The van der Waals surface area contributed by atoms with Crippen molar-refractivity contribution in [3.05, 3.63) is 71.8 Å². The predicted octanol–water partition coefficient (Wildman–Crippen LogP) is 3.86. The zero-order valence-electron chi connectivity index (χ0n) is 11.0. The highest BCUT2D eigenvalue weighted by atomic mass is 16.5. The second-order valence-electron chi connectivity index (χ2n) is 4.34. The monoisotopic (exact) mass is 253 g/mol. The number of rotatable bonds is 7. The van der Waals surface area contributed by atoms with Crippen LogP contribution in [0, 0.1) is 0 Å². The number of hydrogen-bond donors (Lipinski definition) is 0. The molecule has 0 aromatic heterocycles. The van der Waals surface area contributed by atoms with E-state index >= 15 is 0 Å². The zero-order chi connectivity index (χ0) is 13.2. The molecule has 0 heterocycles. The van der Waals surface area contributed by atoms with Gasteiger partial charge >= 0.3 is 0 Å². The lowest BCUT2D eigenvalue weighted by Gasteiger charge is -2.01. The molecular formula is C17H19NO. The first-order valence-electron chi connectivity index (χ1n) is 6.59. The summed E-state index contributed by atoms with van der Waals surface area (Å²) in [6.45, 7) is 2.14. The lowest BCUT2D eigenvalue weighted by molar-refractivity contribution is 0.128. The number of nitrogens with zero attached hydrogens (tertiary/aromatic N) is 1. The normalized spacial score (nSPS) is 10.9. The summed E-state index contributed by atoms with van der Waals surface area (Å²) in [4.78, 5) is 4.38. The molecule has 0 atom stereocenters. The van der Waals surface area contributed by atoms with E-state index in [1.807, 2.05) is 42.6 Å². The van der Waals surface area contributed by atoms with Crippen LogP contribution in [0.4, 0.5) is 0 Å². The van der Waals surface area contributed by atoms with E-state index in [0.717, 1.165) is 13.0 Å².